The van der Waals surface area contributed by atoms with Crippen LogP contribution < -0.4 is 10.6 Å². The Kier molecular flexibility index (Phi) is 4.33. The highest BCUT2D eigenvalue weighted by atomic mass is 35.5. The highest BCUT2D eigenvalue weighted by Gasteiger charge is 2.20. The Balaban J connectivity index is 1.67. The van der Waals surface area contributed by atoms with Crippen molar-refractivity contribution in [2.45, 2.75) is 25.8 Å². The molecule has 0 spiro atoms. The molecule has 1 heterocycles. The van der Waals surface area contributed by atoms with E-state index < -0.39 is 0 Å². The first-order valence-electron chi connectivity index (χ1n) is 6.61. The molecular formula is C14H14Cl2N4S. The van der Waals surface area contributed by atoms with E-state index in [9.17, 15) is 0 Å². The van der Waals surface area contributed by atoms with Crippen molar-refractivity contribution in [3.63, 3.8) is 0 Å². The van der Waals surface area contributed by atoms with Gasteiger partial charge in [-0.15, -0.1) is 0 Å². The van der Waals surface area contributed by atoms with Crippen LogP contribution in [0.4, 0.5) is 10.8 Å². The Morgan fingerprint density at radius 3 is 2.86 bits per heavy atom. The van der Waals surface area contributed by atoms with Crippen molar-refractivity contribution < 1.29 is 0 Å². The van der Waals surface area contributed by atoms with Crippen LogP contribution in [0.1, 0.15) is 25.6 Å². The Hall–Kier alpha value is -1.30. The molecule has 3 rings (SSSR count). The average Bonchev–Trinajstić information content (AvgIpc) is 3.13. The molecule has 0 saturated heterocycles. The Morgan fingerprint density at radius 1 is 1.33 bits per heavy atom. The van der Waals surface area contributed by atoms with Crippen LogP contribution in [0.2, 0.25) is 10.0 Å². The molecule has 0 atom stereocenters. The Morgan fingerprint density at radius 2 is 2.14 bits per heavy atom. The fraction of sp³-hybridized carbons (Fsp3) is 0.286. The average molecular weight is 341 g/mol. The molecule has 1 aromatic heterocycles. The minimum atomic E-state index is 0.510. The van der Waals surface area contributed by atoms with Gasteiger partial charge in [-0.25, -0.2) is 0 Å². The molecule has 4 nitrogen and oxygen atoms in total. The fourth-order valence-electron chi connectivity index (χ4n) is 1.83. The third-order valence-electron chi connectivity index (χ3n) is 2.97. The first-order chi connectivity index (χ1) is 10.1. The molecule has 0 aliphatic heterocycles. The molecule has 21 heavy (non-hydrogen) atoms. The Labute approximate surface area is 137 Å². The van der Waals surface area contributed by atoms with Gasteiger partial charge in [0, 0.05) is 35.0 Å². The summed E-state index contributed by atoms with van der Waals surface area (Å²) in [5.74, 6) is 0.702. The second-order valence-corrected chi connectivity index (χ2v) is 6.52. The van der Waals surface area contributed by atoms with Crippen molar-refractivity contribution in [3.8, 4) is 0 Å². The van der Waals surface area contributed by atoms with Crippen LogP contribution in [0, 0.1) is 0 Å². The summed E-state index contributed by atoms with van der Waals surface area (Å²) < 4.78 is 4.31. The molecule has 0 amide bonds. The van der Waals surface area contributed by atoms with E-state index in [0.717, 1.165) is 16.5 Å². The maximum Gasteiger partial charge on any atom is 0.207 e. The number of allylic oxidation sites excluding steroid dienone is 1. The number of hydrogen-bond donors (Lipinski definition) is 2. The third kappa shape index (κ3) is 4.09. The molecule has 110 valence electrons. The lowest BCUT2D eigenvalue weighted by Crippen LogP contribution is -2.12. The lowest BCUT2D eigenvalue weighted by molar-refractivity contribution is 0.810. The van der Waals surface area contributed by atoms with Gasteiger partial charge >= 0.3 is 0 Å². The third-order valence-corrected chi connectivity index (χ3v) is 4.35. The smallest absolute Gasteiger partial charge is 0.207 e. The second-order valence-electron chi connectivity index (χ2n) is 4.96. The molecule has 2 N–H and O–H groups in total. The summed E-state index contributed by atoms with van der Waals surface area (Å²) in [5, 5.41) is 8.34. The summed E-state index contributed by atoms with van der Waals surface area (Å²) in [6, 6.07) is 6.00. The number of hydrogen-bond acceptors (Lipinski definition) is 5. The standard InChI is InChI=1S/C14H14Cl2N4S/c1-8(17-9-2-3-9)6-13-19-14(21-20-13)18-10-4-5-11(15)12(16)7-10/h4-7,9,17H,2-3H2,1H3,(H,18,19,20). The molecule has 7 heteroatoms. The molecular weight excluding hydrogens is 327 g/mol. The summed E-state index contributed by atoms with van der Waals surface area (Å²) in [6.45, 7) is 2.03. The first-order valence-corrected chi connectivity index (χ1v) is 8.14. The molecule has 1 aromatic carbocycles. The molecule has 0 unspecified atom stereocenters. The molecule has 0 radical (unpaired) electrons. The van der Waals surface area contributed by atoms with Gasteiger partial charge in [0.1, 0.15) is 0 Å². The van der Waals surface area contributed by atoms with Gasteiger partial charge in [-0.3, -0.25) is 0 Å². The van der Waals surface area contributed by atoms with Crippen molar-refractivity contribution in [1.29, 1.82) is 0 Å². The van der Waals surface area contributed by atoms with E-state index in [2.05, 4.69) is 20.0 Å². The van der Waals surface area contributed by atoms with Gasteiger partial charge in [-0.05, 0) is 38.0 Å². The van der Waals surface area contributed by atoms with E-state index in [0.29, 0.717) is 21.9 Å². The van der Waals surface area contributed by atoms with Crippen molar-refractivity contribution in [2.75, 3.05) is 5.32 Å². The number of nitrogens with zero attached hydrogens (tertiary/aromatic N) is 2. The quantitative estimate of drug-likeness (QED) is 0.828. The molecule has 1 aliphatic rings. The van der Waals surface area contributed by atoms with Gasteiger partial charge in [0.15, 0.2) is 5.82 Å². The van der Waals surface area contributed by atoms with Crippen molar-refractivity contribution in [3.05, 3.63) is 39.8 Å². The Bertz CT molecular complexity index is 679. The summed E-state index contributed by atoms with van der Waals surface area (Å²) in [6.07, 6.45) is 4.45. The van der Waals surface area contributed by atoms with Crippen LogP contribution in [-0.4, -0.2) is 15.4 Å². The summed E-state index contributed by atoms with van der Waals surface area (Å²) >= 11 is 13.2. The topological polar surface area (TPSA) is 49.8 Å². The zero-order valence-corrected chi connectivity index (χ0v) is 13.7. The predicted molar refractivity (Wildman–Crippen MR) is 89.5 cm³/mol. The van der Waals surface area contributed by atoms with Gasteiger partial charge in [0.25, 0.3) is 0 Å². The summed E-state index contributed by atoms with van der Waals surface area (Å²) in [7, 11) is 0. The first kappa shape index (κ1) is 14.6. The minimum Gasteiger partial charge on any atom is -0.386 e. The molecule has 0 bridgehead atoms. The van der Waals surface area contributed by atoms with Gasteiger partial charge < -0.3 is 10.6 Å². The number of halogens is 2. The minimum absolute atomic E-state index is 0.510. The van der Waals surface area contributed by atoms with Crippen LogP contribution in [0.15, 0.2) is 23.9 Å². The van der Waals surface area contributed by atoms with Crippen molar-refractivity contribution in [1.82, 2.24) is 14.7 Å². The maximum absolute atomic E-state index is 5.99. The molecule has 1 saturated carbocycles. The highest BCUT2D eigenvalue weighted by Crippen LogP contribution is 2.27. The highest BCUT2D eigenvalue weighted by molar-refractivity contribution is 7.09. The van der Waals surface area contributed by atoms with Crippen molar-refractivity contribution >= 4 is 51.6 Å². The summed E-state index contributed by atoms with van der Waals surface area (Å²) in [5.41, 5.74) is 1.93. The monoisotopic (exact) mass is 340 g/mol. The largest absolute Gasteiger partial charge is 0.386 e. The van der Waals surface area contributed by atoms with E-state index in [4.69, 9.17) is 23.2 Å². The number of benzene rings is 1. The van der Waals surface area contributed by atoms with Crippen LogP contribution in [0.5, 0.6) is 0 Å². The van der Waals surface area contributed by atoms with Crippen LogP contribution in [0.25, 0.3) is 6.08 Å². The van der Waals surface area contributed by atoms with Crippen LogP contribution >= 0.6 is 34.7 Å². The molecule has 1 fully saturated rings. The molecule has 2 aromatic rings. The van der Waals surface area contributed by atoms with Gasteiger partial charge in [-0.1, -0.05) is 23.2 Å². The van der Waals surface area contributed by atoms with Crippen LogP contribution in [-0.2, 0) is 0 Å². The van der Waals surface area contributed by atoms with Crippen molar-refractivity contribution in [2.24, 2.45) is 0 Å². The number of anilines is 2. The normalized spacial score (nSPS) is 15.1. The lowest BCUT2D eigenvalue weighted by Gasteiger charge is -2.03. The predicted octanol–water partition coefficient (Wildman–Crippen LogP) is 4.70. The van der Waals surface area contributed by atoms with E-state index in [1.807, 2.05) is 19.1 Å². The van der Waals surface area contributed by atoms with E-state index in [1.54, 1.807) is 12.1 Å². The number of aromatic nitrogens is 2. The van der Waals surface area contributed by atoms with E-state index >= 15 is 0 Å². The zero-order valence-electron chi connectivity index (χ0n) is 11.4. The van der Waals surface area contributed by atoms with Gasteiger partial charge in [-0.2, -0.15) is 9.36 Å². The van der Waals surface area contributed by atoms with Crippen LogP contribution in [0.3, 0.4) is 0 Å². The lowest BCUT2D eigenvalue weighted by atomic mass is 10.3. The SMILES string of the molecule is CC(=Cc1nsc(Nc2ccc(Cl)c(Cl)c2)n1)NC1CC1. The number of nitrogens with one attached hydrogen (secondary N) is 2. The van der Waals surface area contributed by atoms with E-state index in [-0.39, 0.29) is 0 Å². The van der Waals surface area contributed by atoms with Gasteiger partial charge in [0.05, 0.1) is 10.0 Å². The zero-order chi connectivity index (χ0) is 14.8. The molecule has 1 aliphatic carbocycles. The van der Waals surface area contributed by atoms with Gasteiger partial charge in [0.2, 0.25) is 5.13 Å². The summed E-state index contributed by atoms with van der Waals surface area (Å²) in [4.78, 5) is 4.43. The number of rotatable bonds is 5. The second kappa shape index (κ2) is 6.22. The maximum atomic E-state index is 5.99. The van der Waals surface area contributed by atoms with E-state index in [1.165, 1.54) is 24.4 Å². The fourth-order valence-corrected chi connectivity index (χ4v) is 2.70.